The van der Waals surface area contributed by atoms with Crippen LogP contribution in [0.15, 0.2) is 42.5 Å². The van der Waals surface area contributed by atoms with E-state index >= 15 is 0 Å². The summed E-state index contributed by atoms with van der Waals surface area (Å²) >= 11 is 1.58. The first-order chi connectivity index (χ1) is 10.0. The number of hydrogen-bond donors (Lipinski definition) is 0. The topological polar surface area (TPSA) is 3.24 Å². The van der Waals surface area contributed by atoms with Gasteiger partial charge in [0.15, 0.2) is 0 Å². The van der Waals surface area contributed by atoms with Gasteiger partial charge in [0.1, 0.15) is 0 Å². The molecule has 0 amide bonds. The molecule has 121 valence electrons. The fourth-order valence-electron chi connectivity index (χ4n) is 3.60. The molecule has 2 aromatic carbocycles. The van der Waals surface area contributed by atoms with Crippen LogP contribution in [0, 0.1) is 0 Å². The van der Waals surface area contributed by atoms with Gasteiger partial charge in [0.25, 0.3) is 0 Å². The van der Waals surface area contributed by atoms with Crippen LogP contribution in [0.4, 0.5) is 5.69 Å². The molecule has 0 aliphatic heterocycles. The van der Waals surface area contributed by atoms with Crippen molar-refractivity contribution in [2.45, 2.75) is 43.4 Å². The second-order valence-electron chi connectivity index (χ2n) is 6.36. The summed E-state index contributed by atoms with van der Waals surface area (Å²) in [5, 5.41) is 0. The van der Waals surface area contributed by atoms with Gasteiger partial charge in [-0.25, -0.2) is 0 Å². The van der Waals surface area contributed by atoms with Crippen molar-refractivity contribution >= 4 is 5.69 Å². The fraction of sp³-hybridized carbons (Fsp3) is 0.368. The van der Waals surface area contributed by atoms with Crippen LogP contribution in [-0.4, -0.2) is 12.1 Å². The predicted molar refractivity (Wildman–Crippen MR) is 86.5 cm³/mol. The molecule has 1 aliphatic rings. The monoisotopic (exact) mass is 424 g/mol. The molecule has 0 radical (unpaired) electrons. The molecule has 2 aromatic rings. The Morgan fingerprint density at radius 1 is 0.826 bits per heavy atom. The van der Waals surface area contributed by atoms with Crippen LogP contribution in [0.3, 0.4) is 0 Å². The summed E-state index contributed by atoms with van der Waals surface area (Å²) in [5.74, 6) is 0. The maximum Gasteiger partial charge on any atom is -1.00 e. The molecule has 0 N–H and O–H groups in total. The van der Waals surface area contributed by atoms with Gasteiger partial charge in [-0.2, -0.15) is 0 Å². The maximum atomic E-state index is 2.55. The Balaban J connectivity index is 0.00000132. The molecule has 0 saturated heterocycles. The second-order valence-corrected chi connectivity index (χ2v) is 7.78. The molecule has 0 fully saturated rings. The Labute approximate surface area is 167 Å². The fourth-order valence-corrected chi connectivity index (χ4v) is 4.81. The van der Waals surface area contributed by atoms with Crippen molar-refractivity contribution in [2.75, 3.05) is 4.90 Å². The first kappa shape index (κ1) is 20.7. The van der Waals surface area contributed by atoms with Crippen molar-refractivity contribution in [1.29, 1.82) is 0 Å². The van der Waals surface area contributed by atoms with E-state index < -0.39 is 0 Å². The number of nitrogens with zero attached hydrogens (tertiary/aromatic N) is 1. The molecule has 1 aliphatic carbocycles. The standard InChI is InChI=1S/C19H22N.2ClH.Zr/c1-13(2)20(14(3)4)18-11-7-9-16-12-15-8-5-6-10-17(15)19(16)18;;;/h5-14H,1-4H3;2*1H;/q;;;+2/p-2. The number of anilines is 1. The smallest absolute Gasteiger partial charge is 1.00 e. The molecule has 0 bridgehead atoms. The Kier molecular flexibility index (Phi) is 7.39. The summed E-state index contributed by atoms with van der Waals surface area (Å²) in [6, 6.07) is 16.8. The van der Waals surface area contributed by atoms with Crippen molar-refractivity contribution in [3.05, 3.63) is 53.6 Å². The van der Waals surface area contributed by atoms with Gasteiger partial charge in [0.05, 0.1) is 0 Å². The van der Waals surface area contributed by atoms with Crippen LogP contribution in [0.5, 0.6) is 0 Å². The minimum Gasteiger partial charge on any atom is -1.00 e. The summed E-state index contributed by atoms with van der Waals surface area (Å²) in [4.78, 5) is 2.55. The van der Waals surface area contributed by atoms with E-state index in [-0.39, 0.29) is 24.8 Å². The summed E-state index contributed by atoms with van der Waals surface area (Å²) in [5.41, 5.74) is 7.33. The van der Waals surface area contributed by atoms with Crippen molar-refractivity contribution in [2.24, 2.45) is 0 Å². The number of hydrogen-bond acceptors (Lipinski definition) is 1. The van der Waals surface area contributed by atoms with Crippen LogP contribution >= 0.6 is 0 Å². The minimum atomic E-state index is 0. The van der Waals surface area contributed by atoms with Gasteiger partial charge in [-0.05, 0) is 0 Å². The zero-order chi connectivity index (χ0) is 15.1. The third kappa shape index (κ3) is 3.55. The molecule has 1 nitrogen and oxygen atoms in total. The normalized spacial score (nSPS) is 14.9. The van der Waals surface area contributed by atoms with Crippen molar-refractivity contribution < 1.29 is 49.5 Å². The maximum absolute atomic E-state index is 2.55. The summed E-state index contributed by atoms with van der Waals surface area (Å²) < 4.78 is 0.588. The molecule has 0 saturated carbocycles. The Morgan fingerprint density at radius 2 is 1.39 bits per heavy atom. The average Bonchev–Trinajstić information content (AvgIpc) is 2.73. The van der Waals surface area contributed by atoms with Gasteiger partial charge in [-0.1, -0.05) is 0 Å². The molecule has 1 unspecified atom stereocenters. The van der Waals surface area contributed by atoms with E-state index in [4.69, 9.17) is 0 Å². The Hall–Kier alpha value is -0.297. The van der Waals surface area contributed by atoms with Gasteiger partial charge < -0.3 is 24.8 Å². The van der Waals surface area contributed by atoms with Crippen LogP contribution < -0.4 is 29.7 Å². The zero-order valence-corrected chi connectivity index (χ0v) is 17.9. The quantitative estimate of drug-likeness (QED) is 0.605. The molecule has 0 aromatic heterocycles. The molecule has 0 heterocycles. The average molecular weight is 427 g/mol. The van der Waals surface area contributed by atoms with Gasteiger partial charge in [-0.15, -0.1) is 0 Å². The van der Waals surface area contributed by atoms with Gasteiger partial charge >= 0.3 is 143 Å². The molecule has 4 heteroatoms. The van der Waals surface area contributed by atoms with Gasteiger partial charge in [0, 0.05) is 0 Å². The van der Waals surface area contributed by atoms with Crippen molar-refractivity contribution in [1.82, 2.24) is 0 Å². The van der Waals surface area contributed by atoms with E-state index in [1.165, 1.54) is 27.9 Å². The van der Waals surface area contributed by atoms with Crippen LogP contribution in [0.1, 0.15) is 42.4 Å². The summed E-state index contributed by atoms with van der Waals surface area (Å²) in [7, 11) is 0. The molecule has 0 spiro atoms. The third-order valence-corrected chi connectivity index (χ3v) is 5.85. The molecular weight excluding hydrogens is 404 g/mol. The molecule has 1 atom stereocenters. The van der Waals surface area contributed by atoms with E-state index in [1.807, 2.05) is 0 Å². The van der Waals surface area contributed by atoms with Crippen molar-refractivity contribution in [3.8, 4) is 11.1 Å². The Morgan fingerprint density at radius 3 is 2.00 bits per heavy atom. The van der Waals surface area contributed by atoms with Crippen molar-refractivity contribution in [3.63, 3.8) is 0 Å². The SMILES string of the molecule is CC(C)N(c1cccc2c1-c1ccccc1[CH]2[Zr+2])C(C)C.[Cl-].[Cl-]. The van der Waals surface area contributed by atoms with E-state index in [9.17, 15) is 0 Å². The van der Waals surface area contributed by atoms with E-state index in [1.54, 1.807) is 24.7 Å². The first-order valence-electron chi connectivity index (χ1n) is 7.74. The van der Waals surface area contributed by atoms with Gasteiger partial charge in [0.2, 0.25) is 0 Å². The van der Waals surface area contributed by atoms with Crippen LogP contribution in [-0.2, 0) is 24.7 Å². The number of rotatable bonds is 3. The Bertz CT molecular complexity index is 662. The largest absolute Gasteiger partial charge is 1.00 e. The van der Waals surface area contributed by atoms with E-state index in [0.717, 1.165) is 0 Å². The van der Waals surface area contributed by atoms with E-state index in [2.05, 4.69) is 75.1 Å². The number of halogens is 2. The molecule has 23 heavy (non-hydrogen) atoms. The minimum absolute atomic E-state index is 0. The molecular formula is C19H22Cl2NZr. The predicted octanol–water partition coefficient (Wildman–Crippen LogP) is -1.07. The van der Waals surface area contributed by atoms with E-state index in [0.29, 0.717) is 15.7 Å². The number of fused-ring (bicyclic) bond motifs is 3. The van der Waals surface area contributed by atoms with Gasteiger partial charge in [-0.3, -0.25) is 0 Å². The van der Waals surface area contributed by atoms with Crippen LogP contribution in [0.25, 0.3) is 11.1 Å². The molecule has 3 rings (SSSR count). The zero-order valence-electron chi connectivity index (χ0n) is 14.0. The summed E-state index contributed by atoms with van der Waals surface area (Å²) in [6.07, 6.45) is 0. The first-order valence-corrected chi connectivity index (χ1v) is 9.16. The second kappa shape index (κ2) is 8.19. The summed E-state index contributed by atoms with van der Waals surface area (Å²) in [6.45, 7) is 9.15. The van der Waals surface area contributed by atoms with Crippen LogP contribution in [0.2, 0.25) is 0 Å². The third-order valence-electron chi connectivity index (χ3n) is 4.32. The number of benzene rings is 2.